The Bertz CT molecular complexity index is 619. The smallest absolute Gasteiger partial charge is 0.243 e. The minimum atomic E-state index is -3.66. The van der Waals surface area contributed by atoms with E-state index in [-0.39, 0.29) is 10.9 Å². The van der Waals surface area contributed by atoms with E-state index in [9.17, 15) is 12.8 Å². The molecule has 0 aromatic heterocycles. The van der Waals surface area contributed by atoms with Crippen molar-refractivity contribution in [2.45, 2.75) is 17.9 Å². The van der Waals surface area contributed by atoms with Gasteiger partial charge in [0.2, 0.25) is 10.0 Å². The zero-order valence-electron chi connectivity index (χ0n) is 11.2. The van der Waals surface area contributed by atoms with Gasteiger partial charge in [0.1, 0.15) is 5.82 Å². The Morgan fingerprint density at radius 3 is 2.50 bits per heavy atom. The Labute approximate surface area is 118 Å². The van der Waals surface area contributed by atoms with Gasteiger partial charge < -0.3 is 0 Å². The summed E-state index contributed by atoms with van der Waals surface area (Å²) in [7, 11) is -3.66. The van der Waals surface area contributed by atoms with Gasteiger partial charge in [0.15, 0.2) is 0 Å². The Kier molecular flexibility index (Phi) is 4.38. The summed E-state index contributed by atoms with van der Waals surface area (Å²) in [5.41, 5.74) is 0. The average molecular weight is 297 g/mol. The maximum atomic E-state index is 13.2. The fourth-order valence-corrected chi connectivity index (χ4v) is 3.64. The van der Waals surface area contributed by atoms with Crippen LogP contribution in [0.2, 0.25) is 0 Å². The first-order valence-electron chi connectivity index (χ1n) is 6.34. The van der Waals surface area contributed by atoms with Gasteiger partial charge in [0.25, 0.3) is 0 Å². The average Bonchev–Trinajstić information content (AvgIpc) is 2.46. The van der Waals surface area contributed by atoms with Gasteiger partial charge >= 0.3 is 0 Å². The van der Waals surface area contributed by atoms with Gasteiger partial charge in [-0.1, -0.05) is 6.07 Å². The van der Waals surface area contributed by atoms with E-state index in [4.69, 9.17) is 5.26 Å². The van der Waals surface area contributed by atoms with Crippen LogP contribution in [-0.2, 0) is 10.0 Å². The van der Waals surface area contributed by atoms with Crippen molar-refractivity contribution in [2.24, 2.45) is 0 Å². The molecule has 1 aliphatic rings. The van der Waals surface area contributed by atoms with Crippen LogP contribution in [0.4, 0.5) is 4.39 Å². The second kappa shape index (κ2) is 5.87. The molecule has 1 heterocycles. The molecule has 0 N–H and O–H groups in total. The van der Waals surface area contributed by atoms with E-state index in [0.717, 1.165) is 6.07 Å². The summed E-state index contributed by atoms with van der Waals surface area (Å²) in [5.74, 6) is -0.567. The fraction of sp³-hybridized carbons (Fsp3) is 0.462. The number of piperazine rings is 1. The van der Waals surface area contributed by atoms with Crippen LogP contribution in [0.15, 0.2) is 29.2 Å². The van der Waals surface area contributed by atoms with Crippen LogP contribution in [0, 0.1) is 17.1 Å². The second-order valence-electron chi connectivity index (χ2n) is 4.70. The van der Waals surface area contributed by atoms with Crippen molar-refractivity contribution in [2.75, 3.05) is 26.2 Å². The van der Waals surface area contributed by atoms with Crippen molar-refractivity contribution in [3.63, 3.8) is 0 Å². The molecule has 1 atom stereocenters. The number of benzene rings is 1. The zero-order valence-corrected chi connectivity index (χ0v) is 12.0. The first kappa shape index (κ1) is 14.9. The highest BCUT2D eigenvalue weighted by Crippen LogP contribution is 2.19. The highest BCUT2D eigenvalue weighted by molar-refractivity contribution is 7.89. The first-order chi connectivity index (χ1) is 9.45. The van der Waals surface area contributed by atoms with Crippen molar-refractivity contribution >= 4 is 10.0 Å². The number of nitrogens with zero attached hydrogens (tertiary/aromatic N) is 3. The third kappa shape index (κ3) is 2.98. The molecule has 0 aliphatic carbocycles. The molecule has 108 valence electrons. The van der Waals surface area contributed by atoms with Gasteiger partial charge in [-0.2, -0.15) is 9.57 Å². The largest absolute Gasteiger partial charge is 0.286 e. The van der Waals surface area contributed by atoms with Crippen LogP contribution in [0.25, 0.3) is 0 Å². The minimum absolute atomic E-state index is 0.0284. The lowest BCUT2D eigenvalue weighted by molar-refractivity contribution is 0.169. The van der Waals surface area contributed by atoms with Crippen molar-refractivity contribution in [1.82, 2.24) is 9.21 Å². The fourth-order valence-electron chi connectivity index (χ4n) is 2.19. The normalized spacial score (nSPS) is 19.4. The summed E-state index contributed by atoms with van der Waals surface area (Å²) in [6, 6.07) is 6.93. The molecule has 20 heavy (non-hydrogen) atoms. The van der Waals surface area contributed by atoms with Crippen molar-refractivity contribution in [3.05, 3.63) is 30.1 Å². The molecule has 1 fully saturated rings. The van der Waals surface area contributed by atoms with Crippen LogP contribution in [-0.4, -0.2) is 49.8 Å². The van der Waals surface area contributed by atoms with Crippen LogP contribution < -0.4 is 0 Å². The molecule has 0 spiro atoms. The number of sulfonamides is 1. The quantitative estimate of drug-likeness (QED) is 0.836. The summed E-state index contributed by atoms with van der Waals surface area (Å²) >= 11 is 0. The highest BCUT2D eigenvalue weighted by atomic mass is 32.2. The number of hydrogen-bond acceptors (Lipinski definition) is 4. The zero-order chi connectivity index (χ0) is 14.8. The molecule has 5 nitrogen and oxygen atoms in total. The van der Waals surface area contributed by atoms with Gasteiger partial charge in [-0.05, 0) is 25.1 Å². The van der Waals surface area contributed by atoms with E-state index in [0.29, 0.717) is 26.2 Å². The monoisotopic (exact) mass is 297 g/mol. The van der Waals surface area contributed by atoms with Crippen molar-refractivity contribution < 1.29 is 12.8 Å². The highest BCUT2D eigenvalue weighted by Gasteiger charge is 2.30. The standard InChI is InChI=1S/C13H16FN3O2S/c1-11(10-15)16-5-7-17(8-6-16)20(18,19)13-4-2-3-12(14)9-13/h2-4,9,11H,5-8H2,1H3. The van der Waals surface area contributed by atoms with Gasteiger partial charge in [-0.25, -0.2) is 12.8 Å². The molecule has 0 amide bonds. The van der Waals surface area contributed by atoms with Crippen LogP contribution >= 0.6 is 0 Å². The van der Waals surface area contributed by atoms with Crippen molar-refractivity contribution in [3.8, 4) is 6.07 Å². The topological polar surface area (TPSA) is 64.4 Å². The summed E-state index contributed by atoms with van der Waals surface area (Å²) in [5, 5.41) is 8.86. The summed E-state index contributed by atoms with van der Waals surface area (Å²) < 4.78 is 39.2. The van der Waals surface area contributed by atoms with Crippen LogP contribution in [0.3, 0.4) is 0 Å². The van der Waals surface area contributed by atoms with E-state index in [2.05, 4.69) is 6.07 Å². The predicted molar refractivity (Wildman–Crippen MR) is 71.8 cm³/mol. The van der Waals surface area contributed by atoms with E-state index in [1.807, 2.05) is 4.90 Å². The molecular weight excluding hydrogens is 281 g/mol. The third-order valence-electron chi connectivity index (χ3n) is 3.44. The molecule has 1 aliphatic heterocycles. The Balaban J connectivity index is 2.12. The predicted octanol–water partition coefficient (Wildman–Crippen LogP) is 1.04. The Morgan fingerprint density at radius 1 is 1.30 bits per heavy atom. The van der Waals surface area contributed by atoms with Gasteiger partial charge in [-0.15, -0.1) is 0 Å². The summed E-state index contributed by atoms with van der Waals surface area (Å²) in [4.78, 5) is 1.90. The number of nitriles is 1. The van der Waals surface area contributed by atoms with E-state index in [1.54, 1.807) is 6.92 Å². The lowest BCUT2D eigenvalue weighted by atomic mass is 10.2. The second-order valence-corrected chi connectivity index (χ2v) is 6.64. The van der Waals surface area contributed by atoms with Crippen LogP contribution in [0.1, 0.15) is 6.92 Å². The van der Waals surface area contributed by atoms with Crippen LogP contribution in [0.5, 0.6) is 0 Å². The summed E-state index contributed by atoms with van der Waals surface area (Å²) in [6.07, 6.45) is 0. The SMILES string of the molecule is CC(C#N)N1CCN(S(=O)(=O)c2cccc(F)c2)CC1. The lowest BCUT2D eigenvalue weighted by Gasteiger charge is -2.35. The number of halogens is 1. The van der Waals surface area contributed by atoms with Gasteiger partial charge in [-0.3, -0.25) is 4.90 Å². The molecule has 1 unspecified atom stereocenters. The third-order valence-corrected chi connectivity index (χ3v) is 5.34. The molecule has 7 heteroatoms. The van der Waals surface area contributed by atoms with Gasteiger partial charge in [0, 0.05) is 26.2 Å². The minimum Gasteiger partial charge on any atom is -0.286 e. The molecule has 1 saturated heterocycles. The lowest BCUT2D eigenvalue weighted by Crippen LogP contribution is -2.50. The molecule has 0 radical (unpaired) electrons. The molecule has 0 bridgehead atoms. The van der Waals surface area contributed by atoms with E-state index in [1.165, 1.54) is 22.5 Å². The Morgan fingerprint density at radius 2 is 1.95 bits per heavy atom. The first-order valence-corrected chi connectivity index (χ1v) is 7.78. The Hall–Kier alpha value is -1.49. The van der Waals surface area contributed by atoms with E-state index < -0.39 is 15.8 Å². The molecule has 0 saturated carbocycles. The molecular formula is C13H16FN3O2S. The maximum Gasteiger partial charge on any atom is 0.243 e. The maximum absolute atomic E-state index is 13.2. The molecule has 2 rings (SSSR count). The van der Waals surface area contributed by atoms with Gasteiger partial charge in [0.05, 0.1) is 17.0 Å². The number of hydrogen-bond donors (Lipinski definition) is 0. The van der Waals surface area contributed by atoms with E-state index >= 15 is 0 Å². The summed E-state index contributed by atoms with van der Waals surface area (Å²) in [6.45, 7) is 3.42. The molecule has 1 aromatic carbocycles. The number of rotatable bonds is 3. The van der Waals surface area contributed by atoms with Crippen molar-refractivity contribution in [1.29, 1.82) is 5.26 Å². The molecule has 1 aromatic rings.